The van der Waals surface area contributed by atoms with Crippen molar-refractivity contribution in [1.82, 2.24) is 14.7 Å². The standard InChI is InChI=1S/C17H18N4O5/c1-19-10-12(9-18-19)13-7-15(21(24)25)16(26-2)8-14(13)11-3-5-20(6-4-11)17(22)23/h3,7-10H,4-6H2,1-2H3,(H,22,23). The number of amides is 1. The van der Waals surface area contributed by atoms with Gasteiger partial charge in [0.05, 0.1) is 18.2 Å². The Kier molecular flexibility index (Phi) is 4.61. The number of carbonyl (C=O) groups is 1. The summed E-state index contributed by atoms with van der Waals surface area (Å²) in [4.78, 5) is 23.3. The third kappa shape index (κ3) is 3.23. The number of hydrogen-bond donors (Lipinski definition) is 1. The third-order valence-corrected chi connectivity index (χ3v) is 4.36. The monoisotopic (exact) mass is 358 g/mol. The summed E-state index contributed by atoms with van der Waals surface area (Å²) in [6, 6.07) is 3.12. The predicted molar refractivity (Wildman–Crippen MR) is 94.0 cm³/mol. The van der Waals surface area contributed by atoms with Gasteiger partial charge in [0.1, 0.15) is 0 Å². The van der Waals surface area contributed by atoms with Crippen molar-refractivity contribution >= 4 is 17.4 Å². The van der Waals surface area contributed by atoms with E-state index in [1.165, 1.54) is 18.1 Å². The van der Waals surface area contributed by atoms with Crippen LogP contribution in [0, 0.1) is 10.1 Å². The van der Waals surface area contributed by atoms with E-state index in [9.17, 15) is 14.9 Å². The molecule has 0 spiro atoms. The molecule has 1 aliphatic heterocycles. The summed E-state index contributed by atoms with van der Waals surface area (Å²) in [5.41, 5.74) is 2.99. The number of aryl methyl sites for hydroxylation is 1. The van der Waals surface area contributed by atoms with Gasteiger partial charge >= 0.3 is 11.8 Å². The quantitative estimate of drug-likeness (QED) is 0.664. The molecule has 0 saturated carbocycles. The number of nitro benzene ring substituents is 1. The molecule has 3 rings (SSSR count). The molecule has 0 fully saturated rings. The maximum absolute atomic E-state index is 11.4. The molecule has 0 saturated heterocycles. The molecule has 9 nitrogen and oxygen atoms in total. The van der Waals surface area contributed by atoms with Crippen LogP contribution in [0.25, 0.3) is 16.7 Å². The number of carboxylic acid groups (broad SMARTS) is 1. The van der Waals surface area contributed by atoms with Crippen molar-refractivity contribution in [1.29, 1.82) is 0 Å². The van der Waals surface area contributed by atoms with Crippen LogP contribution in [0.3, 0.4) is 0 Å². The fourth-order valence-electron chi connectivity index (χ4n) is 3.03. The lowest BCUT2D eigenvalue weighted by Gasteiger charge is -2.25. The first kappa shape index (κ1) is 17.5. The Balaban J connectivity index is 2.14. The molecule has 1 aromatic carbocycles. The molecule has 0 atom stereocenters. The highest BCUT2D eigenvalue weighted by molar-refractivity contribution is 5.85. The molecule has 1 N–H and O–H groups in total. The van der Waals surface area contributed by atoms with Crippen LogP contribution in [0.2, 0.25) is 0 Å². The van der Waals surface area contributed by atoms with Crippen molar-refractivity contribution in [3.63, 3.8) is 0 Å². The van der Waals surface area contributed by atoms with Gasteiger partial charge in [0, 0.05) is 38.0 Å². The molecule has 0 radical (unpaired) electrons. The van der Waals surface area contributed by atoms with E-state index in [1.807, 2.05) is 6.08 Å². The van der Waals surface area contributed by atoms with Crippen LogP contribution in [0.4, 0.5) is 10.5 Å². The van der Waals surface area contributed by atoms with E-state index in [-0.39, 0.29) is 18.0 Å². The van der Waals surface area contributed by atoms with E-state index < -0.39 is 11.0 Å². The summed E-state index contributed by atoms with van der Waals surface area (Å²) < 4.78 is 6.82. The van der Waals surface area contributed by atoms with Gasteiger partial charge in [-0.3, -0.25) is 14.8 Å². The fraction of sp³-hybridized carbons (Fsp3) is 0.294. The zero-order chi connectivity index (χ0) is 18.8. The number of rotatable bonds is 4. The molecule has 9 heteroatoms. The molecule has 2 aromatic rings. The Hall–Kier alpha value is -3.36. The molecule has 0 aliphatic carbocycles. The fourth-order valence-corrected chi connectivity index (χ4v) is 3.03. The van der Waals surface area contributed by atoms with E-state index in [4.69, 9.17) is 9.84 Å². The van der Waals surface area contributed by atoms with Crippen molar-refractivity contribution in [2.75, 3.05) is 20.2 Å². The van der Waals surface area contributed by atoms with Crippen molar-refractivity contribution in [3.8, 4) is 16.9 Å². The van der Waals surface area contributed by atoms with E-state index in [0.717, 1.165) is 16.7 Å². The first-order valence-electron chi connectivity index (χ1n) is 7.93. The molecular weight excluding hydrogens is 340 g/mol. The smallest absolute Gasteiger partial charge is 0.407 e. The summed E-state index contributed by atoms with van der Waals surface area (Å²) in [7, 11) is 3.16. The zero-order valence-corrected chi connectivity index (χ0v) is 14.4. The summed E-state index contributed by atoms with van der Waals surface area (Å²) in [5.74, 6) is 0.166. The van der Waals surface area contributed by atoms with Crippen LogP contribution < -0.4 is 4.74 Å². The largest absolute Gasteiger partial charge is 0.490 e. The number of methoxy groups -OCH3 is 1. The van der Waals surface area contributed by atoms with Gasteiger partial charge in [0.2, 0.25) is 0 Å². The Labute approximate surface area is 149 Å². The summed E-state index contributed by atoms with van der Waals surface area (Å²) in [6.45, 7) is 0.642. The third-order valence-electron chi connectivity index (χ3n) is 4.36. The van der Waals surface area contributed by atoms with Crippen LogP contribution in [-0.4, -0.2) is 51.0 Å². The zero-order valence-electron chi connectivity index (χ0n) is 14.4. The topological polar surface area (TPSA) is 111 Å². The Bertz CT molecular complexity index is 903. The van der Waals surface area contributed by atoms with Crippen LogP contribution in [0.5, 0.6) is 5.75 Å². The van der Waals surface area contributed by atoms with Gasteiger partial charge in [0.15, 0.2) is 5.75 Å². The molecule has 1 aliphatic rings. The van der Waals surface area contributed by atoms with Gasteiger partial charge in [-0.1, -0.05) is 6.08 Å². The number of aromatic nitrogens is 2. The van der Waals surface area contributed by atoms with E-state index in [1.54, 1.807) is 30.2 Å². The lowest BCUT2D eigenvalue weighted by molar-refractivity contribution is -0.385. The first-order chi connectivity index (χ1) is 12.4. The second-order valence-electron chi connectivity index (χ2n) is 5.94. The molecule has 0 bridgehead atoms. The minimum absolute atomic E-state index is 0.126. The average Bonchev–Trinajstić information content (AvgIpc) is 3.06. The van der Waals surface area contributed by atoms with Crippen LogP contribution in [0.1, 0.15) is 12.0 Å². The van der Waals surface area contributed by atoms with Gasteiger partial charge in [-0.05, 0) is 29.2 Å². The summed E-state index contributed by atoms with van der Waals surface area (Å²) in [6.07, 6.45) is 4.80. The number of benzene rings is 1. The minimum atomic E-state index is -0.964. The van der Waals surface area contributed by atoms with Gasteiger partial charge < -0.3 is 14.7 Å². The molecule has 26 heavy (non-hydrogen) atoms. The number of ether oxygens (including phenoxy) is 1. The van der Waals surface area contributed by atoms with Crippen molar-refractivity contribution in [2.45, 2.75) is 6.42 Å². The van der Waals surface area contributed by atoms with Gasteiger partial charge in [-0.15, -0.1) is 0 Å². The van der Waals surface area contributed by atoms with E-state index in [0.29, 0.717) is 18.5 Å². The second kappa shape index (κ2) is 6.87. The average molecular weight is 358 g/mol. The number of nitrogens with zero attached hydrogens (tertiary/aromatic N) is 4. The lowest BCUT2D eigenvalue weighted by atomic mass is 9.91. The van der Waals surface area contributed by atoms with Crippen molar-refractivity contribution < 1.29 is 19.6 Å². The molecule has 0 unspecified atom stereocenters. The summed E-state index contributed by atoms with van der Waals surface area (Å²) >= 11 is 0. The predicted octanol–water partition coefficient (Wildman–Crippen LogP) is 2.77. The minimum Gasteiger partial charge on any atom is -0.490 e. The Morgan fingerprint density at radius 1 is 1.38 bits per heavy atom. The molecule has 1 amide bonds. The number of hydrogen-bond acceptors (Lipinski definition) is 5. The van der Waals surface area contributed by atoms with Gasteiger partial charge in [0.25, 0.3) is 0 Å². The molecule has 136 valence electrons. The maximum Gasteiger partial charge on any atom is 0.407 e. The van der Waals surface area contributed by atoms with Crippen LogP contribution in [-0.2, 0) is 7.05 Å². The highest BCUT2D eigenvalue weighted by Gasteiger charge is 2.24. The molecule has 2 heterocycles. The molecule has 1 aromatic heterocycles. The van der Waals surface area contributed by atoms with E-state index in [2.05, 4.69) is 5.10 Å². The Morgan fingerprint density at radius 2 is 2.15 bits per heavy atom. The normalized spacial score (nSPS) is 14.1. The lowest BCUT2D eigenvalue weighted by Crippen LogP contribution is -2.33. The maximum atomic E-state index is 11.4. The Morgan fingerprint density at radius 3 is 2.65 bits per heavy atom. The second-order valence-corrected chi connectivity index (χ2v) is 5.94. The SMILES string of the molecule is COc1cc(C2=CCN(C(=O)O)CC2)c(-c2cnn(C)c2)cc1[N+](=O)[O-]. The van der Waals surface area contributed by atoms with Crippen molar-refractivity contribution in [3.05, 3.63) is 46.3 Å². The first-order valence-corrected chi connectivity index (χ1v) is 7.93. The van der Waals surface area contributed by atoms with E-state index >= 15 is 0 Å². The van der Waals surface area contributed by atoms with Gasteiger partial charge in [-0.25, -0.2) is 4.79 Å². The molecular formula is C17H18N4O5. The van der Waals surface area contributed by atoms with Crippen LogP contribution in [0.15, 0.2) is 30.6 Å². The summed E-state index contributed by atoms with van der Waals surface area (Å²) in [5, 5.41) is 24.6. The van der Waals surface area contributed by atoms with Crippen molar-refractivity contribution in [2.24, 2.45) is 7.05 Å². The highest BCUT2D eigenvalue weighted by atomic mass is 16.6. The number of nitro groups is 1. The highest BCUT2D eigenvalue weighted by Crippen LogP contribution is 2.40. The van der Waals surface area contributed by atoms with Gasteiger partial charge in [-0.2, -0.15) is 5.10 Å². The van der Waals surface area contributed by atoms with Crippen LogP contribution >= 0.6 is 0 Å².